The predicted molar refractivity (Wildman–Crippen MR) is 101 cm³/mol. The Morgan fingerprint density at radius 2 is 2.00 bits per heavy atom. The summed E-state index contributed by atoms with van der Waals surface area (Å²) in [6.45, 7) is 0. The number of carbonyl (C=O) groups excluding carboxylic acids is 1. The molecule has 0 saturated heterocycles. The first-order valence-corrected chi connectivity index (χ1v) is 9.23. The van der Waals surface area contributed by atoms with E-state index in [2.05, 4.69) is 10.3 Å². The van der Waals surface area contributed by atoms with E-state index in [0.29, 0.717) is 17.0 Å². The summed E-state index contributed by atoms with van der Waals surface area (Å²) in [4.78, 5) is 16.4. The molecule has 1 aliphatic carbocycles. The van der Waals surface area contributed by atoms with Crippen molar-refractivity contribution in [2.75, 3.05) is 12.4 Å². The number of halogens is 1. The number of nitrogens with zero attached hydrogens (tertiary/aromatic N) is 1. The van der Waals surface area contributed by atoms with E-state index in [1.165, 1.54) is 23.5 Å². The van der Waals surface area contributed by atoms with Gasteiger partial charge in [-0.15, -0.1) is 11.3 Å². The Bertz CT molecular complexity index is 949. The van der Waals surface area contributed by atoms with Crippen molar-refractivity contribution in [1.82, 2.24) is 4.98 Å². The number of rotatable bonds is 5. The molecule has 1 aliphatic rings. The fraction of sp³-hybridized carbons (Fsp3) is 0.200. The summed E-state index contributed by atoms with van der Waals surface area (Å²) in [5, 5.41) is 5.63. The van der Waals surface area contributed by atoms with Gasteiger partial charge < -0.3 is 10.1 Å². The van der Waals surface area contributed by atoms with Crippen LogP contribution < -0.4 is 10.1 Å². The van der Waals surface area contributed by atoms with Gasteiger partial charge in [-0.05, 0) is 55.3 Å². The molecule has 1 amide bonds. The molecule has 0 unspecified atom stereocenters. The Morgan fingerprint density at radius 3 is 2.69 bits per heavy atom. The lowest BCUT2D eigenvalue weighted by Gasteiger charge is -2.06. The van der Waals surface area contributed by atoms with E-state index in [4.69, 9.17) is 4.74 Å². The van der Waals surface area contributed by atoms with Crippen LogP contribution in [0.5, 0.6) is 5.75 Å². The largest absolute Gasteiger partial charge is 0.496 e. The lowest BCUT2D eigenvalue weighted by molar-refractivity contribution is -0.117. The molecule has 6 heteroatoms. The maximum Gasteiger partial charge on any atom is 0.227 e. The van der Waals surface area contributed by atoms with Crippen molar-refractivity contribution in [3.63, 3.8) is 0 Å². The van der Waals surface area contributed by atoms with Crippen molar-refractivity contribution in [2.24, 2.45) is 5.92 Å². The Balaban J connectivity index is 1.56. The summed E-state index contributed by atoms with van der Waals surface area (Å²) in [5.41, 5.74) is 3.03. The summed E-state index contributed by atoms with van der Waals surface area (Å²) in [6.07, 6.45) is 1.96. The van der Waals surface area contributed by atoms with Crippen molar-refractivity contribution >= 4 is 22.9 Å². The van der Waals surface area contributed by atoms with Crippen LogP contribution in [-0.2, 0) is 4.79 Å². The van der Waals surface area contributed by atoms with Gasteiger partial charge in [0.25, 0.3) is 0 Å². The summed E-state index contributed by atoms with van der Waals surface area (Å²) in [5.74, 6) is 0.525. The van der Waals surface area contributed by atoms with Gasteiger partial charge in [0, 0.05) is 28.1 Å². The maximum absolute atomic E-state index is 13.6. The highest BCUT2D eigenvalue weighted by atomic mass is 32.1. The van der Waals surface area contributed by atoms with Gasteiger partial charge in [0.1, 0.15) is 16.6 Å². The number of benzene rings is 2. The zero-order valence-corrected chi connectivity index (χ0v) is 15.0. The molecule has 1 aromatic heterocycles. The van der Waals surface area contributed by atoms with Gasteiger partial charge in [0.15, 0.2) is 0 Å². The Kier molecular flexibility index (Phi) is 4.42. The van der Waals surface area contributed by atoms with Crippen LogP contribution in [0.25, 0.3) is 21.8 Å². The third-order valence-electron chi connectivity index (χ3n) is 4.29. The quantitative estimate of drug-likeness (QED) is 0.691. The average Bonchev–Trinajstić information content (AvgIpc) is 3.40. The van der Waals surface area contributed by atoms with Crippen molar-refractivity contribution in [1.29, 1.82) is 0 Å². The first-order valence-electron chi connectivity index (χ1n) is 8.35. The fourth-order valence-corrected chi connectivity index (χ4v) is 3.52. The zero-order chi connectivity index (χ0) is 18.1. The first-order chi connectivity index (χ1) is 12.6. The van der Waals surface area contributed by atoms with Crippen LogP contribution in [0.15, 0.2) is 47.8 Å². The highest BCUT2D eigenvalue weighted by Crippen LogP contribution is 2.35. The number of hydrogen-bond acceptors (Lipinski definition) is 4. The van der Waals surface area contributed by atoms with Crippen molar-refractivity contribution in [3.8, 4) is 27.6 Å². The maximum atomic E-state index is 13.6. The van der Waals surface area contributed by atoms with Crippen LogP contribution in [0.3, 0.4) is 0 Å². The van der Waals surface area contributed by atoms with Gasteiger partial charge in [-0.1, -0.05) is 0 Å². The molecule has 1 heterocycles. The highest BCUT2D eigenvalue weighted by molar-refractivity contribution is 7.13. The van der Waals surface area contributed by atoms with Gasteiger partial charge in [-0.2, -0.15) is 0 Å². The molecule has 1 saturated carbocycles. The van der Waals surface area contributed by atoms with Gasteiger partial charge in [-0.3, -0.25) is 4.79 Å². The molecule has 3 aromatic rings. The lowest BCUT2D eigenvalue weighted by Crippen LogP contribution is -2.12. The van der Waals surface area contributed by atoms with Crippen molar-refractivity contribution in [3.05, 3.63) is 53.7 Å². The topological polar surface area (TPSA) is 51.2 Å². The molecule has 0 bridgehead atoms. The first kappa shape index (κ1) is 16.7. The number of aromatic nitrogens is 1. The number of hydrogen-bond donors (Lipinski definition) is 1. The van der Waals surface area contributed by atoms with Crippen molar-refractivity contribution in [2.45, 2.75) is 12.8 Å². The number of amides is 1. The molecule has 0 spiro atoms. The minimum Gasteiger partial charge on any atom is -0.496 e. The lowest BCUT2D eigenvalue weighted by atomic mass is 10.1. The number of thiazole rings is 1. The van der Waals surface area contributed by atoms with E-state index in [1.807, 2.05) is 29.6 Å². The number of methoxy groups -OCH3 is 1. The molecule has 2 aromatic carbocycles. The normalized spacial score (nSPS) is 13.5. The number of ether oxygens (including phenoxy) is 1. The Hall–Kier alpha value is -2.73. The summed E-state index contributed by atoms with van der Waals surface area (Å²) < 4.78 is 18.9. The fourth-order valence-electron chi connectivity index (χ4n) is 2.70. The third kappa shape index (κ3) is 3.46. The van der Waals surface area contributed by atoms with Crippen molar-refractivity contribution < 1.29 is 13.9 Å². The van der Waals surface area contributed by atoms with Crippen LogP contribution in [0.1, 0.15) is 12.8 Å². The molecule has 132 valence electrons. The van der Waals surface area contributed by atoms with E-state index >= 15 is 0 Å². The van der Waals surface area contributed by atoms with E-state index in [1.54, 1.807) is 13.2 Å². The second-order valence-electron chi connectivity index (χ2n) is 6.22. The van der Waals surface area contributed by atoms with Gasteiger partial charge >= 0.3 is 0 Å². The van der Waals surface area contributed by atoms with Crippen LogP contribution in [0.4, 0.5) is 10.1 Å². The highest BCUT2D eigenvalue weighted by Gasteiger charge is 2.29. The van der Waals surface area contributed by atoms with Gasteiger partial charge in [-0.25, -0.2) is 9.37 Å². The van der Waals surface area contributed by atoms with Crippen LogP contribution in [-0.4, -0.2) is 18.0 Å². The smallest absolute Gasteiger partial charge is 0.227 e. The molecule has 0 aliphatic heterocycles. The predicted octanol–water partition coefficient (Wildman–Crippen LogP) is 4.97. The van der Waals surface area contributed by atoms with Crippen LogP contribution >= 0.6 is 11.3 Å². The summed E-state index contributed by atoms with van der Waals surface area (Å²) in [6, 6.07) is 12.0. The van der Waals surface area contributed by atoms with E-state index in [9.17, 15) is 9.18 Å². The molecular weight excluding hydrogens is 351 g/mol. The molecule has 4 nitrogen and oxygen atoms in total. The van der Waals surface area contributed by atoms with E-state index in [-0.39, 0.29) is 17.6 Å². The minimum absolute atomic E-state index is 0.0903. The number of anilines is 1. The Morgan fingerprint density at radius 1 is 1.23 bits per heavy atom. The molecule has 4 rings (SSSR count). The van der Waals surface area contributed by atoms with Crippen LogP contribution in [0.2, 0.25) is 0 Å². The second-order valence-corrected chi connectivity index (χ2v) is 7.08. The second kappa shape index (κ2) is 6.88. The third-order valence-corrected chi connectivity index (χ3v) is 5.18. The van der Waals surface area contributed by atoms with Gasteiger partial charge in [0.2, 0.25) is 5.91 Å². The number of carbonyl (C=O) groups is 1. The summed E-state index contributed by atoms with van der Waals surface area (Å²) in [7, 11) is 1.55. The SMILES string of the molecule is COc1ccc(F)cc1-c1csc(-c2ccc(NC(=O)C3CC3)cc2)n1. The average molecular weight is 368 g/mol. The monoisotopic (exact) mass is 368 g/mol. The molecule has 0 atom stereocenters. The van der Waals surface area contributed by atoms with E-state index in [0.717, 1.165) is 29.1 Å². The molecule has 26 heavy (non-hydrogen) atoms. The van der Waals surface area contributed by atoms with Crippen LogP contribution in [0, 0.1) is 11.7 Å². The summed E-state index contributed by atoms with van der Waals surface area (Å²) >= 11 is 1.48. The number of nitrogens with one attached hydrogen (secondary N) is 1. The van der Waals surface area contributed by atoms with E-state index < -0.39 is 0 Å². The standard InChI is InChI=1S/C20H17FN2O2S/c1-25-18-9-6-14(21)10-16(18)17-11-26-20(23-17)13-4-7-15(8-5-13)22-19(24)12-2-3-12/h4-12H,2-3H2,1H3,(H,22,24). The molecule has 1 fully saturated rings. The Labute approximate surface area is 154 Å². The molecular formula is C20H17FN2O2S. The van der Waals surface area contributed by atoms with Gasteiger partial charge in [0.05, 0.1) is 12.8 Å². The zero-order valence-electron chi connectivity index (χ0n) is 14.2. The minimum atomic E-state index is -0.328. The molecule has 1 N–H and O–H groups in total. The molecule has 0 radical (unpaired) electrons.